The van der Waals surface area contributed by atoms with Crippen LogP contribution in [0.2, 0.25) is 10.0 Å². The highest BCUT2D eigenvalue weighted by Crippen LogP contribution is 2.38. The summed E-state index contributed by atoms with van der Waals surface area (Å²) >= 11 is 12.2. The van der Waals surface area contributed by atoms with Crippen LogP contribution < -0.4 is 10.2 Å². The van der Waals surface area contributed by atoms with Gasteiger partial charge in [-0.05, 0) is 72.2 Å². The lowest BCUT2D eigenvalue weighted by Gasteiger charge is -2.42. The standard InChI is InChI=1S/C27H22Cl2FN3O4S/c1-38(36,37)21-9-7-20(8-10-21)32-14-18-13-25(16-2-5-19(30)6-3-16)33(15-24(18)31-27(32)35)26(34)17-4-11-22(28)23(29)12-17/h2-12,25H,13-15H2,1H3,(H,31,35). The molecule has 3 aromatic rings. The number of amides is 3. The Morgan fingerprint density at radius 1 is 0.974 bits per heavy atom. The lowest BCUT2D eigenvalue weighted by molar-refractivity contribution is 0.0673. The Morgan fingerprint density at radius 3 is 2.29 bits per heavy atom. The molecule has 0 fully saturated rings. The molecule has 1 unspecified atom stereocenters. The fourth-order valence-electron chi connectivity index (χ4n) is 4.68. The van der Waals surface area contributed by atoms with E-state index in [1.54, 1.807) is 41.3 Å². The number of nitrogens with zero attached hydrogens (tertiary/aromatic N) is 2. The highest BCUT2D eigenvalue weighted by atomic mass is 35.5. The third kappa shape index (κ3) is 5.14. The maximum Gasteiger partial charge on any atom is 0.326 e. The molecule has 0 saturated carbocycles. The largest absolute Gasteiger partial charge is 0.326 e. The van der Waals surface area contributed by atoms with Gasteiger partial charge in [-0.15, -0.1) is 0 Å². The average molecular weight is 574 g/mol. The zero-order chi connectivity index (χ0) is 27.2. The maximum absolute atomic E-state index is 13.7. The van der Waals surface area contributed by atoms with Gasteiger partial charge in [0.15, 0.2) is 9.84 Å². The van der Waals surface area contributed by atoms with Gasteiger partial charge < -0.3 is 10.2 Å². The molecule has 0 aromatic heterocycles. The summed E-state index contributed by atoms with van der Waals surface area (Å²) in [5.41, 5.74) is 3.14. The van der Waals surface area contributed by atoms with E-state index in [-0.39, 0.29) is 34.7 Å². The van der Waals surface area contributed by atoms with E-state index in [0.717, 1.165) is 17.4 Å². The van der Waals surface area contributed by atoms with Crippen molar-refractivity contribution in [3.63, 3.8) is 0 Å². The van der Waals surface area contributed by atoms with Crippen molar-refractivity contribution in [2.75, 3.05) is 24.2 Å². The molecule has 3 amide bonds. The number of benzene rings is 3. The summed E-state index contributed by atoms with van der Waals surface area (Å²) in [5, 5.41) is 3.47. The topological polar surface area (TPSA) is 86.8 Å². The molecule has 5 rings (SSSR count). The number of rotatable bonds is 4. The molecular formula is C27H22Cl2FN3O4S. The summed E-state index contributed by atoms with van der Waals surface area (Å²) in [7, 11) is -3.37. The molecule has 3 aromatic carbocycles. The molecule has 0 saturated heterocycles. The van der Waals surface area contributed by atoms with Crippen LogP contribution in [0.15, 0.2) is 82.9 Å². The Morgan fingerprint density at radius 2 is 1.66 bits per heavy atom. The summed E-state index contributed by atoms with van der Waals surface area (Å²) in [5.74, 6) is -0.696. The van der Waals surface area contributed by atoms with Gasteiger partial charge in [0, 0.05) is 23.2 Å². The number of carbonyl (C=O) groups is 2. The monoisotopic (exact) mass is 573 g/mol. The number of sulfone groups is 1. The normalized spacial score (nSPS) is 17.8. The van der Waals surface area contributed by atoms with Gasteiger partial charge in [-0.1, -0.05) is 35.3 Å². The lowest BCUT2D eigenvalue weighted by atomic mass is 9.90. The SMILES string of the molecule is CS(=O)(=O)c1ccc(N2CC3=C(CN(C(=O)c4ccc(Cl)c(Cl)c4)C(c4ccc(F)cc4)C3)NC2=O)cc1. The molecule has 196 valence electrons. The number of hydrogen-bond donors (Lipinski definition) is 1. The fraction of sp³-hybridized carbons (Fsp3) is 0.185. The molecule has 0 radical (unpaired) electrons. The molecular weight excluding hydrogens is 552 g/mol. The lowest BCUT2D eigenvalue weighted by Crippen LogP contribution is -2.52. The van der Waals surface area contributed by atoms with Gasteiger partial charge in [-0.25, -0.2) is 17.6 Å². The Labute approximate surface area is 229 Å². The number of anilines is 1. The zero-order valence-corrected chi connectivity index (χ0v) is 22.4. The number of urea groups is 1. The molecule has 0 bridgehead atoms. The molecule has 1 N–H and O–H groups in total. The van der Waals surface area contributed by atoms with Crippen LogP contribution in [0.5, 0.6) is 0 Å². The summed E-state index contributed by atoms with van der Waals surface area (Å²) in [6, 6.07) is 15.9. The van der Waals surface area contributed by atoms with Crippen LogP contribution in [0.1, 0.15) is 28.4 Å². The first-order valence-corrected chi connectivity index (χ1v) is 14.3. The minimum absolute atomic E-state index is 0.128. The highest BCUT2D eigenvalue weighted by Gasteiger charge is 2.37. The van der Waals surface area contributed by atoms with Crippen molar-refractivity contribution < 1.29 is 22.4 Å². The van der Waals surface area contributed by atoms with E-state index in [1.807, 2.05) is 0 Å². The molecule has 2 aliphatic heterocycles. The third-order valence-corrected chi connectivity index (χ3v) is 8.55. The van der Waals surface area contributed by atoms with E-state index in [4.69, 9.17) is 23.2 Å². The first-order valence-electron chi connectivity index (χ1n) is 11.6. The summed E-state index contributed by atoms with van der Waals surface area (Å²) < 4.78 is 37.3. The predicted octanol–water partition coefficient (Wildman–Crippen LogP) is 5.61. The van der Waals surface area contributed by atoms with Crippen molar-refractivity contribution >= 4 is 50.7 Å². The van der Waals surface area contributed by atoms with Crippen LogP contribution in [0, 0.1) is 5.82 Å². The molecule has 1 atom stereocenters. The van der Waals surface area contributed by atoms with E-state index >= 15 is 0 Å². The van der Waals surface area contributed by atoms with E-state index in [1.165, 1.54) is 35.2 Å². The molecule has 11 heteroatoms. The first-order chi connectivity index (χ1) is 18.0. The van der Waals surface area contributed by atoms with Crippen molar-refractivity contribution in [2.24, 2.45) is 0 Å². The second kappa shape index (κ2) is 10.1. The third-order valence-electron chi connectivity index (χ3n) is 6.68. The second-order valence-electron chi connectivity index (χ2n) is 9.20. The maximum atomic E-state index is 13.7. The molecule has 0 spiro atoms. The Hall–Kier alpha value is -3.40. The van der Waals surface area contributed by atoms with Crippen LogP contribution in [-0.4, -0.2) is 44.6 Å². The molecule has 0 aliphatic carbocycles. The van der Waals surface area contributed by atoms with Gasteiger partial charge in [0.1, 0.15) is 5.82 Å². The highest BCUT2D eigenvalue weighted by molar-refractivity contribution is 7.90. The molecule has 2 aliphatic rings. The van der Waals surface area contributed by atoms with Crippen molar-refractivity contribution in [1.29, 1.82) is 0 Å². The van der Waals surface area contributed by atoms with Crippen LogP contribution >= 0.6 is 23.2 Å². The van der Waals surface area contributed by atoms with E-state index < -0.39 is 21.9 Å². The van der Waals surface area contributed by atoms with E-state index in [0.29, 0.717) is 28.4 Å². The smallest absolute Gasteiger partial charge is 0.325 e. The van der Waals surface area contributed by atoms with Gasteiger partial charge in [0.05, 0.1) is 34.1 Å². The Bertz CT molecular complexity index is 1570. The van der Waals surface area contributed by atoms with Crippen molar-refractivity contribution in [2.45, 2.75) is 17.4 Å². The summed E-state index contributed by atoms with van der Waals surface area (Å²) in [6.07, 6.45) is 1.52. The number of hydrogen-bond acceptors (Lipinski definition) is 4. The van der Waals surface area contributed by atoms with Gasteiger partial charge in [0.25, 0.3) is 5.91 Å². The summed E-state index contributed by atoms with van der Waals surface area (Å²) in [6.45, 7) is 0.384. The number of nitrogens with one attached hydrogen (secondary N) is 1. The van der Waals surface area contributed by atoms with E-state index in [2.05, 4.69) is 5.32 Å². The van der Waals surface area contributed by atoms with E-state index in [9.17, 15) is 22.4 Å². The van der Waals surface area contributed by atoms with Gasteiger partial charge in [-0.2, -0.15) is 0 Å². The molecule has 7 nitrogen and oxygen atoms in total. The van der Waals surface area contributed by atoms with Crippen LogP contribution in [0.4, 0.5) is 14.9 Å². The second-order valence-corrected chi connectivity index (χ2v) is 12.0. The number of carbonyl (C=O) groups excluding carboxylic acids is 2. The zero-order valence-electron chi connectivity index (χ0n) is 20.1. The van der Waals surface area contributed by atoms with Crippen LogP contribution in [-0.2, 0) is 9.84 Å². The molecule has 38 heavy (non-hydrogen) atoms. The average Bonchev–Trinajstić information content (AvgIpc) is 2.89. The summed E-state index contributed by atoms with van der Waals surface area (Å²) in [4.78, 5) is 30.0. The van der Waals surface area contributed by atoms with Gasteiger partial charge >= 0.3 is 6.03 Å². The minimum atomic E-state index is -3.37. The van der Waals surface area contributed by atoms with Gasteiger partial charge in [-0.3, -0.25) is 9.69 Å². The number of halogens is 3. The Kier molecular flexibility index (Phi) is 6.94. The van der Waals surface area contributed by atoms with Crippen molar-refractivity contribution in [3.05, 3.63) is 105 Å². The van der Waals surface area contributed by atoms with Crippen molar-refractivity contribution in [3.8, 4) is 0 Å². The quantitative estimate of drug-likeness (QED) is 0.439. The minimum Gasteiger partial charge on any atom is -0.325 e. The van der Waals surface area contributed by atoms with Crippen molar-refractivity contribution in [1.82, 2.24) is 10.2 Å². The van der Waals surface area contributed by atoms with Crippen LogP contribution in [0.3, 0.4) is 0 Å². The van der Waals surface area contributed by atoms with Gasteiger partial charge in [0.2, 0.25) is 0 Å². The predicted molar refractivity (Wildman–Crippen MR) is 144 cm³/mol. The van der Waals surface area contributed by atoms with Crippen LogP contribution in [0.25, 0.3) is 0 Å². The molecule has 2 heterocycles. The fourth-order valence-corrected chi connectivity index (χ4v) is 5.61. The first kappa shape index (κ1) is 26.2. The Balaban J connectivity index is 1.48.